The molecule has 9 heteroatoms. The Balaban J connectivity index is 0.00000243. The van der Waals surface area contributed by atoms with E-state index < -0.39 is 16.0 Å². The lowest BCUT2D eigenvalue weighted by atomic mass is 10.2. The van der Waals surface area contributed by atoms with Gasteiger partial charge in [-0.05, 0) is 44.3 Å². The Morgan fingerprint density at radius 1 is 1.12 bits per heavy atom. The molecule has 0 saturated carbocycles. The molecule has 6 nitrogen and oxygen atoms in total. The number of anilines is 3. The first-order valence-electron chi connectivity index (χ1n) is 7.91. The fourth-order valence-corrected chi connectivity index (χ4v) is 4.66. The Morgan fingerprint density at radius 3 is 2.46 bits per heavy atom. The van der Waals surface area contributed by atoms with Crippen LogP contribution in [-0.2, 0) is 10.2 Å². The molecule has 3 rings (SSSR count). The lowest BCUT2D eigenvalue weighted by Gasteiger charge is -2.23. The quantitative estimate of drug-likeness (QED) is 0.756. The zero-order chi connectivity index (χ0) is 18.0. The molecule has 0 radical (unpaired) electrons. The molecule has 26 heavy (non-hydrogen) atoms. The number of para-hydroxylation sites is 2. The Bertz CT molecular complexity index is 879. The molecule has 2 aromatic rings. The molecule has 0 amide bonds. The molecule has 0 atom stereocenters. The maximum atomic E-state index is 13.5. The first-order chi connectivity index (χ1) is 12.0. The van der Waals surface area contributed by atoms with Gasteiger partial charge in [-0.15, -0.1) is 12.4 Å². The summed E-state index contributed by atoms with van der Waals surface area (Å²) in [6.07, 6.45) is 0.665. The van der Waals surface area contributed by atoms with E-state index in [4.69, 9.17) is 4.74 Å². The van der Waals surface area contributed by atoms with Crippen molar-refractivity contribution in [3.63, 3.8) is 0 Å². The number of fused-ring (bicyclic) bond motifs is 1. The zero-order valence-corrected chi connectivity index (χ0v) is 16.1. The van der Waals surface area contributed by atoms with Crippen LogP contribution in [0.1, 0.15) is 6.42 Å². The molecule has 1 aliphatic rings. The van der Waals surface area contributed by atoms with Gasteiger partial charge in [-0.2, -0.15) is 8.42 Å². The summed E-state index contributed by atoms with van der Waals surface area (Å²) in [4.78, 5) is 0. The highest BCUT2D eigenvalue weighted by atomic mass is 35.5. The van der Waals surface area contributed by atoms with Crippen molar-refractivity contribution < 1.29 is 17.5 Å². The molecule has 0 aliphatic carbocycles. The van der Waals surface area contributed by atoms with E-state index in [0.29, 0.717) is 30.9 Å². The molecule has 0 bridgehead atoms. The third-order valence-corrected chi connectivity index (χ3v) is 5.82. The van der Waals surface area contributed by atoms with Crippen LogP contribution in [0.25, 0.3) is 0 Å². The summed E-state index contributed by atoms with van der Waals surface area (Å²) < 4.78 is 47.7. The molecule has 0 aromatic heterocycles. The maximum Gasteiger partial charge on any atom is 0.331 e. The van der Waals surface area contributed by atoms with Gasteiger partial charge in [0.15, 0.2) is 0 Å². The highest BCUT2D eigenvalue weighted by molar-refractivity contribution is 7.95. The molecule has 0 spiro atoms. The first kappa shape index (κ1) is 20.3. The van der Waals surface area contributed by atoms with Crippen LogP contribution in [0.3, 0.4) is 0 Å². The van der Waals surface area contributed by atoms with E-state index in [1.807, 2.05) is 7.05 Å². The van der Waals surface area contributed by atoms with E-state index in [9.17, 15) is 12.8 Å². The van der Waals surface area contributed by atoms with Crippen molar-refractivity contribution in [2.45, 2.75) is 6.42 Å². The molecule has 0 unspecified atom stereocenters. The lowest BCUT2D eigenvalue weighted by Crippen LogP contribution is -2.36. The zero-order valence-electron chi connectivity index (χ0n) is 14.5. The third kappa shape index (κ3) is 3.44. The van der Waals surface area contributed by atoms with Crippen molar-refractivity contribution >= 4 is 39.7 Å². The SMILES string of the molecule is CNCCCN1c2ccccc2N(c2ccc(F)cc2OC)S1(=O)=O.Cl. The van der Waals surface area contributed by atoms with Crippen molar-refractivity contribution in [3.05, 3.63) is 48.3 Å². The highest BCUT2D eigenvalue weighted by Crippen LogP contribution is 2.47. The van der Waals surface area contributed by atoms with Crippen molar-refractivity contribution in [3.8, 4) is 5.75 Å². The number of nitrogens with one attached hydrogen (secondary N) is 1. The molecular formula is C17H21ClFN3O3S. The third-order valence-electron chi connectivity index (χ3n) is 4.03. The Hall–Kier alpha value is -2.03. The summed E-state index contributed by atoms with van der Waals surface area (Å²) >= 11 is 0. The summed E-state index contributed by atoms with van der Waals surface area (Å²) in [6.45, 7) is 1.05. The number of methoxy groups -OCH3 is 1. The van der Waals surface area contributed by atoms with Crippen molar-refractivity contribution in [2.24, 2.45) is 0 Å². The van der Waals surface area contributed by atoms with E-state index in [1.54, 1.807) is 24.3 Å². The first-order valence-corrected chi connectivity index (χ1v) is 9.30. The van der Waals surface area contributed by atoms with Crippen molar-refractivity contribution in [2.75, 3.05) is 35.9 Å². The van der Waals surface area contributed by atoms with E-state index in [-0.39, 0.29) is 23.8 Å². The van der Waals surface area contributed by atoms with Crippen LogP contribution in [0.4, 0.5) is 21.5 Å². The minimum Gasteiger partial charge on any atom is -0.494 e. The lowest BCUT2D eigenvalue weighted by molar-refractivity contribution is 0.412. The summed E-state index contributed by atoms with van der Waals surface area (Å²) in [5, 5.41) is 3.01. The average molecular weight is 402 g/mol. The number of benzene rings is 2. The number of nitrogens with zero attached hydrogens (tertiary/aromatic N) is 2. The van der Waals surface area contributed by atoms with Crippen LogP contribution >= 0.6 is 12.4 Å². The van der Waals surface area contributed by atoms with Gasteiger partial charge >= 0.3 is 10.2 Å². The minimum atomic E-state index is -3.83. The van der Waals surface area contributed by atoms with Crippen LogP contribution in [0.5, 0.6) is 5.75 Å². The predicted octanol–water partition coefficient (Wildman–Crippen LogP) is 3.07. The summed E-state index contributed by atoms with van der Waals surface area (Å²) in [5.74, 6) is -0.327. The monoisotopic (exact) mass is 401 g/mol. The van der Waals surface area contributed by atoms with Gasteiger partial charge in [-0.3, -0.25) is 4.31 Å². The standard InChI is InChI=1S/C17H20FN3O3S.ClH/c1-19-10-5-11-20-14-6-3-4-7-15(14)21(25(20,22)23)16-9-8-13(18)12-17(16)24-2;/h3-4,6-9,12,19H,5,10-11H2,1-2H3;1H. The highest BCUT2D eigenvalue weighted by Gasteiger charge is 2.41. The van der Waals surface area contributed by atoms with Crippen LogP contribution in [-0.4, -0.2) is 35.7 Å². The molecule has 1 heterocycles. The summed E-state index contributed by atoms with van der Waals surface area (Å²) in [5.41, 5.74) is 1.41. The molecule has 0 fully saturated rings. The van der Waals surface area contributed by atoms with E-state index >= 15 is 0 Å². The van der Waals surface area contributed by atoms with E-state index in [1.165, 1.54) is 33.9 Å². The summed E-state index contributed by atoms with van der Waals surface area (Å²) in [6, 6.07) is 10.9. The van der Waals surface area contributed by atoms with E-state index in [0.717, 1.165) is 0 Å². The van der Waals surface area contributed by atoms with Crippen LogP contribution < -0.4 is 18.7 Å². The average Bonchev–Trinajstić information content (AvgIpc) is 2.82. The molecule has 1 N–H and O–H groups in total. The number of hydrogen-bond acceptors (Lipinski definition) is 4. The number of ether oxygens (including phenoxy) is 1. The van der Waals surface area contributed by atoms with Gasteiger partial charge in [0.2, 0.25) is 0 Å². The van der Waals surface area contributed by atoms with Crippen LogP contribution in [0.15, 0.2) is 42.5 Å². The Morgan fingerprint density at radius 2 is 1.81 bits per heavy atom. The predicted molar refractivity (Wildman–Crippen MR) is 104 cm³/mol. The molecular weight excluding hydrogens is 381 g/mol. The number of rotatable bonds is 6. The van der Waals surface area contributed by atoms with Crippen molar-refractivity contribution in [1.29, 1.82) is 0 Å². The summed E-state index contributed by atoms with van der Waals surface area (Å²) in [7, 11) is -0.622. The van der Waals surface area contributed by atoms with Crippen LogP contribution in [0, 0.1) is 5.82 Å². The second kappa shape index (κ2) is 8.11. The molecule has 2 aromatic carbocycles. The van der Waals surface area contributed by atoms with Gasteiger partial charge in [0, 0.05) is 12.6 Å². The van der Waals surface area contributed by atoms with E-state index in [2.05, 4.69) is 5.32 Å². The Labute approximate surface area is 159 Å². The van der Waals surface area contributed by atoms with Gasteiger partial charge in [0.25, 0.3) is 0 Å². The topological polar surface area (TPSA) is 61.9 Å². The smallest absolute Gasteiger partial charge is 0.331 e. The van der Waals surface area contributed by atoms with Gasteiger partial charge in [-0.25, -0.2) is 8.70 Å². The van der Waals surface area contributed by atoms with Gasteiger partial charge in [-0.1, -0.05) is 12.1 Å². The molecule has 1 aliphatic heterocycles. The second-order valence-electron chi connectivity index (χ2n) is 5.61. The Kier molecular flexibility index (Phi) is 6.33. The normalized spacial score (nSPS) is 14.7. The molecule has 142 valence electrons. The minimum absolute atomic E-state index is 0. The van der Waals surface area contributed by atoms with Gasteiger partial charge < -0.3 is 10.1 Å². The fraction of sp³-hybridized carbons (Fsp3) is 0.294. The number of hydrogen-bond donors (Lipinski definition) is 1. The molecule has 0 saturated heterocycles. The maximum absolute atomic E-state index is 13.5. The number of halogens is 2. The van der Waals surface area contributed by atoms with Gasteiger partial charge in [0.1, 0.15) is 17.3 Å². The largest absolute Gasteiger partial charge is 0.494 e. The second-order valence-corrected chi connectivity index (χ2v) is 7.31. The van der Waals surface area contributed by atoms with Crippen molar-refractivity contribution in [1.82, 2.24) is 5.32 Å². The fourth-order valence-electron chi connectivity index (χ4n) is 2.90. The van der Waals surface area contributed by atoms with Crippen LogP contribution in [0.2, 0.25) is 0 Å². The van der Waals surface area contributed by atoms with Gasteiger partial charge in [0.05, 0.1) is 18.5 Å².